The fourth-order valence-corrected chi connectivity index (χ4v) is 3.80. The number of carbonyl (C=O) groups is 1. The second kappa shape index (κ2) is 7.34. The number of carboxylic acid groups (broad SMARTS) is 1. The van der Waals surface area contributed by atoms with E-state index in [9.17, 15) is 21.6 Å². The Morgan fingerprint density at radius 1 is 1.15 bits per heavy atom. The van der Waals surface area contributed by atoms with E-state index in [0.717, 1.165) is 4.31 Å². The number of nitrogens with one attached hydrogen (secondary N) is 1. The number of hydrogen-bond acceptors (Lipinski definition) is 5. The summed E-state index contributed by atoms with van der Waals surface area (Å²) in [4.78, 5) is 10.9. The number of sulfonamides is 2. The molecule has 2 N–H and O–H groups in total. The molecule has 0 bridgehead atoms. The van der Waals surface area contributed by atoms with Crippen molar-refractivity contribution in [3.05, 3.63) is 0 Å². The molecule has 10 heteroatoms. The summed E-state index contributed by atoms with van der Waals surface area (Å²) in [5.41, 5.74) is 0. The molecule has 0 unspecified atom stereocenters. The Bertz CT molecular complexity index is 524. The van der Waals surface area contributed by atoms with E-state index in [-0.39, 0.29) is 12.2 Å². The molecule has 0 aromatic rings. The molecule has 8 nitrogen and oxygen atoms in total. The third kappa shape index (κ3) is 6.64. The zero-order chi connectivity index (χ0) is 16.1. The average molecular weight is 330 g/mol. The number of aliphatic carboxylic acids is 1. The average Bonchev–Trinajstić information content (AvgIpc) is 2.24. The minimum atomic E-state index is -3.83. The molecule has 0 aromatic carbocycles. The van der Waals surface area contributed by atoms with E-state index in [0.29, 0.717) is 0 Å². The maximum absolute atomic E-state index is 11.7. The third-order valence-electron chi connectivity index (χ3n) is 2.61. The van der Waals surface area contributed by atoms with Gasteiger partial charge in [0.15, 0.2) is 0 Å². The fourth-order valence-electron chi connectivity index (χ4n) is 1.34. The van der Waals surface area contributed by atoms with E-state index < -0.39 is 43.7 Å². The number of nitrogens with zero attached hydrogens (tertiary/aromatic N) is 1. The lowest BCUT2D eigenvalue weighted by molar-refractivity contribution is -0.140. The molecule has 120 valence electrons. The second-order valence-electron chi connectivity index (χ2n) is 4.95. The quantitative estimate of drug-likeness (QED) is 0.576. The van der Waals surface area contributed by atoms with E-state index in [1.165, 1.54) is 14.1 Å². The summed E-state index contributed by atoms with van der Waals surface area (Å²) in [5, 5.41) is 8.90. The van der Waals surface area contributed by atoms with Gasteiger partial charge in [0.25, 0.3) is 0 Å². The largest absolute Gasteiger partial charge is 0.480 e. The molecule has 0 aliphatic rings. The van der Waals surface area contributed by atoms with Crippen LogP contribution in [0, 0.1) is 5.92 Å². The lowest BCUT2D eigenvalue weighted by Crippen LogP contribution is -2.45. The van der Waals surface area contributed by atoms with Crippen molar-refractivity contribution >= 4 is 26.0 Å². The minimum Gasteiger partial charge on any atom is -0.480 e. The van der Waals surface area contributed by atoms with Crippen LogP contribution < -0.4 is 4.72 Å². The van der Waals surface area contributed by atoms with Crippen LogP contribution in [-0.4, -0.2) is 63.9 Å². The van der Waals surface area contributed by atoms with Crippen molar-refractivity contribution in [2.45, 2.75) is 26.3 Å². The molecular weight excluding hydrogens is 308 g/mol. The molecule has 0 fully saturated rings. The monoisotopic (exact) mass is 330 g/mol. The van der Waals surface area contributed by atoms with Crippen molar-refractivity contribution in [2.75, 3.05) is 25.6 Å². The van der Waals surface area contributed by atoms with Crippen LogP contribution in [0.5, 0.6) is 0 Å². The molecule has 1 atom stereocenters. The Labute approximate surface area is 120 Å². The standard InChI is InChI=1S/C10H22N2O6S2/c1-8(2)9(10(13)14)11-19(15,16)6-5-7-20(17,18)12(3)4/h8-9,11H,5-7H2,1-4H3,(H,13,14)/t9-/m1/s1. The molecule has 20 heavy (non-hydrogen) atoms. The number of carboxylic acids is 1. The van der Waals surface area contributed by atoms with Crippen LogP contribution in [0.1, 0.15) is 20.3 Å². The molecule has 0 saturated heterocycles. The highest BCUT2D eigenvalue weighted by Crippen LogP contribution is 2.05. The highest BCUT2D eigenvalue weighted by atomic mass is 32.2. The van der Waals surface area contributed by atoms with Crippen molar-refractivity contribution in [1.29, 1.82) is 0 Å². The maximum Gasteiger partial charge on any atom is 0.321 e. The van der Waals surface area contributed by atoms with Gasteiger partial charge >= 0.3 is 5.97 Å². The molecular formula is C10H22N2O6S2. The Hall–Kier alpha value is -0.710. The lowest BCUT2D eigenvalue weighted by atomic mass is 10.1. The molecule has 0 saturated carbocycles. The highest BCUT2D eigenvalue weighted by Gasteiger charge is 2.27. The lowest BCUT2D eigenvalue weighted by Gasteiger charge is -2.18. The van der Waals surface area contributed by atoms with Crippen LogP contribution in [0.25, 0.3) is 0 Å². The maximum atomic E-state index is 11.7. The molecule has 0 radical (unpaired) electrons. The first kappa shape index (κ1) is 19.3. The topological polar surface area (TPSA) is 121 Å². The summed E-state index contributed by atoms with van der Waals surface area (Å²) in [6.45, 7) is 3.16. The van der Waals surface area contributed by atoms with E-state index in [2.05, 4.69) is 4.72 Å². The molecule has 0 aromatic heterocycles. The molecule has 0 aliphatic carbocycles. The van der Waals surface area contributed by atoms with Crippen molar-refractivity contribution in [1.82, 2.24) is 9.03 Å². The van der Waals surface area contributed by atoms with Crippen LogP contribution in [0.3, 0.4) is 0 Å². The normalized spacial score (nSPS) is 14.7. The molecule has 0 spiro atoms. The molecule has 0 rings (SSSR count). The summed E-state index contributed by atoms with van der Waals surface area (Å²) in [6.07, 6.45) is -0.0969. The van der Waals surface area contributed by atoms with Gasteiger partial charge in [-0.3, -0.25) is 4.79 Å². The van der Waals surface area contributed by atoms with Gasteiger partial charge in [-0.2, -0.15) is 0 Å². The first-order valence-electron chi connectivity index (χ1n) is 6.02. The summed E-state index contributed by atoms with van der Waals surface area (Å²) < 4.78 is 49.5. The van der Waals surface area contributed by atoms with Crippen LogP contribution in [0.2, 0.25) is 0 Å². The smallest absolute Gasteiger partial charge is 0.321 e. The zero-order valence-electron chi connectivity index (χ0n) is 12.0. The Morgan fingerprint density at radius 3 is 2.00 bits per heavy atom. The van der Waals surface area contributed by atoms with Gasteiger partial charge in [-0.1, -0.05) is 13.8 Å². The summed E-state index contributed by atoms with van der Waals surface area (Å²) >= 11 is 0. The highest BCUT2D eigenvalue weighted by molar-refractivity contribution is 7.90. The van der Waals surface area contributed by atoms with Gasteiger partial charge in [-0.15, -0.1) is 0 Å². The van der Waals surface area contributed by atoms with Gasteiger partial charge in [0.1, 0.15) is 6.04 Å². The van der Waals surface area contributed by atoms with Crippen LogP contribution >= 0.6 is 0 Å². The first-order chi connectivity index (χ1) is 8.89. The first-order valence-corrected chi connectivity index (χ1v) is 9.28. The molecule has 0 heterocycles. The minimum absolute atomic E-state index is 0.0969. The predicted molar refractivity (Wildman–Crippen MR) is 75.3 cm³/mol. The van der Waals surface area contributed by atoms with Crippen LogP contribution in [-0.2, 0) is 24.8 Å². The van der Waals surface area contributed by atoms with Crippen LogP contribution in [0.15, 0.2) is 0 Å². The van der Waals surface area contributed by atoms with Crippen molar-refractivity contribution < 1.29 is 26.7 Å². The zero-order valence-corrected chi connectivity index (χ0v) is 13.7. The van der Waals surface area contributed by atoms with Crippen molar-refractivity contribution in [3.63, 3.8) is 0 Å². The van der Waals surface area contributed by atoms with E-state index in [1.807, 2.05) is 0 Å². The summed E-state index contributed by atoms with van der Waals surface area (Å²) in [5.74, 6) is -2.41. The van der Waals surface area contributed by atoms with Gasteiger partial charge in [0.05, 0.1) is 11.5 Å². The Kier molecular flexibility index (Phi) is 7.08. The molecule has 0 aliphatic heterocycles. The van der Waals surface area contributed by atoms with Gasteiger partial charge in [0, 0.05) is 14.1 Å². The summed E-state index contributed by atoms with van der Waals surface area (Å²) in [6, 6.07) is -1.22. The molecule has 0 amide bonds. The predicted octanol–water partition coefficient (Wildman–Crippen LogP) is -0.703. The van der Waals surface area contributed by atoms with E-state index in [1.54, 1.807) is 13.8 Å². The van der Waals surface area contributed by atoms with Gasteiger partial charge in [0.2, 0.25) is 20.0 Å². The second-order valence-corrected chi connectivity index (χ2v) is 9.12. The number of hydrogen-bond donors (Lipinski definition) is 2. The van der Waals surface area contributed by atoms with Crippen molar-refractivity contribution in [3.8, 4) is 0 Å². The number of rotatable bonds is 9. The van der Waals surface area contributed by atoms with Gasteiger partial charge < -0.3 is 5.11 Å². The van der Waals surface area contributed by atoms with Crippen LogP contribution in [0.4, 0.5) is 0 Å². The van der Waals surface area contributed by atoms with E-state index >= 15 is 0 Å². The Morgan fingerprint density at radius 2 is 1.65 bits per heavy atom. The van der Waals surface area contributed by atoms with Crippen molar-refractivity contribution in [2.24, 2.45) is 5.92 Å². The Balaban J connectivity index is 4.59. The summed E-state index contributed by atoms with van der Waals surface area (Å²) in [7, 11) is -4.56. The van der Waals surface area contributed by atoms with Gasteiger partial charge in [-0.05, 0) is 12.3 Å². The van der Waals surface area contributed by atoms with Gasteiger partial charge in [-0.25, -0.2) is 25.9 Å². The SMILES string of the molecule is CC(C)[C@@H](NS(=O)(=O)CCCS(=O)(=O)N(C)C)C(=O)O. The van der Waals surface area contributed by atoms with E-state index in [4.69, 9.17) is 5.11 Å². The third-order valence-corrected chi connectivity index (χ3v) is 5.97. The fraction of sp³-hybridized carbons (Fsp3) is 0.900.